The van der Waals surface area contributed by atoms with E-state index in [1.165, 1.54) is 5.69 Å². The quantitative estimate of drug-likeness (QED) is 0.870. The Bertz CT molecular complexity index is 537. The molecule has 0 aromatic carbocycles. The number of piperazine rings is 1. The van der Waals surface area contributed by atoms with Gasteiger partial charge in [0.2, 0.25) is 0 Å². The molecule has 0 saturated carbocycles. The van der Waals surface area contributed by atoms with Gasteiger partial charge in [-0.05, 0) is 28.1 Å². The summed E-state index contributed by atoms with van der Waals surface area (Å²) in [6.45, 7) is 4.11. The van der Waals surface area contributed by atoms with Crippen LogP contribution in [0.4, 0.5) is 5.69 Å². The second-order valence-corrected chi connectivity index (χ2v) is 5.00. The zero-order valence-corrected chi connectivity index (χ0v) is 10.9. The van der Waals surface area contributed by atoms with Crippen molar-refractivity contribution in [2.75, 3.05) is 31.1 Å². The first-order valence-electron chi connectivity index (χ1n) is 5.70. The molecule has 0 atom stereocenters. The minimum atomic E-state index is 0.940. The molecule has 0 unspecified atom stereocenters. The van der Waals surface area contributed by atoms with Gasteiger partial charge in [0.05, 0.1) is 11.2 Å². The third-order valence-electron chi connectivity index (χ3n) is 2.98. The summed E-state index contributed by atoms with van der Waals surface area (Å²) in [6.07, 6.45) is 3.68. The van der Waals surface area contributed by atoms with E-state index in [2.05, 4.69) is 42.2 Å². The number of anilines is 1. The van der Waals surface area contributed by atoms with Gasteiger partial charge in [0.15, 0.2) is 0 Å². The Morgan fingerprint density at radius 2 is 2.06 bits per heavy atom. The molecule has 1 aliphatic rings. The van der Waals surface area contributed by atoms with Crippen molar-refractivity contribution in [2.45, 2.75) is 0 Å². The maximum absolute atomic E-state index is 4.48. The van der Waals surface area contributed by atoms with Crippen molar-refractivity contribution in [3.05, 3.63) is 29.0 Å². The molecule has 1 fully saturated rings. The highest BCUT2D eigenvalue weighted by molar-refractivity contribution is 9.10. The molecule has 0 radical (unpaired) electrons. The summed E-state index contributed by atoms with van der Waals surface area (Å²) in [5.74, 6) is 0. The number of hydrogen-bond acceptors (Lipinski definition) is 4. The Morgan fingerprint density at radius 1 is 1.24 bits per heavy atom. The summed E-state index contributed by atoms with van der Waals surface area (Å²) in [5.41, 5.74) is 3.11. The second kappa shape index (κ2) is 4.58. The number of rotatable bonds is 1. The molecule has 5 heteroatoms. The van der Waals surface area contributed by atoms with Crippen LogP contribution in [0.15, 0.2) is 29.0 Å². The molecule has 1 saturated heterocycles. The third kappa shape index (κ3) is 2.12. The summed E-state index contributed by atoms with van der Waals surface area (Å²) in [7, 11) is 0. The highest BCUT2D eigenvalue weighted by Crippen LogP contribution is 2.25. The van der Waals surface area contributed by atoms with Gasteiger partial charge in [0, 0.05) is 43.0 Å². The average Bonchev–Trinajstić information content (AvgIpc) is 2.39. The fourth-order valence-electron chi connectivity index (χ4n) is 2.15. The lowest BCUT2D eigenvalue weighted by molar-refractivity contribution is 0.590. The Kier molecular flexibility index (Phi) is 2.94. The molecule has 1 aliphatic heterocycles. The molecule has 2 aromatic heterocycles. The van der Waals surface area contributed by atoms with Gasteiger partial charge in [-0.15, -0.1) is 0 Å². The van der Waals surface area contributed by atoms with Crippen molar-refractivity contribution in [3.63, 3.8) is 0 Å². The minimum Gasteiger partial charge on any atom is -0.367 e. The number of aromatic nitrogens is 2. The Labute approximate surface area is 108 Å². The lowest BCUT2D eigenvalue weighted by atomic mass is 10.2. The highest BCUT2D eigenvalue weighted by atomic mass is 79.9. The van der Waals surface area contributed by atoms with E-state index >= 15 is 0 Å². The van der Waals surface area contributed by atoms with Crippen LogP contribution >= 0.6 is 15.9 Å². The Hall–Kier alpha value is -1.20. The van der Waals surface area contributed by atoms with Crippen LogP contribution in [0.1, 0.15) is 0 Å². The summed E-state index contributed by atoms with van der Waals surface area (Å²) in [5, 5.41) is 3.36. The highest BCUT2D eigenvalue weighted by Gasteiger charge is 2.14. The van der Waals surface area contributed by atoms with E-state index in [0.29, 0.717) is 0 Å². The van der Waals surface area contributed by atoms with Gasteiger partial charge >= 0.3 is 0 Å². The third-order valence-corrected chi connectivity index (χ3v) is 3.41. The van der Waals surface area contributed by atoms with Crippen LogP contribution in [0.5, 0.6) is 0 Å². The molecule has 88 valence electrons. The average molecular weight is 293 g/mol. The largest absolute Gasteiger partial charge is 0.367 e. The molecule has 1 N–H and O–H groups in total. The van der Waals surface area contributed by atoms with Crippen LogP contribution in [0.25, 0.3) is 11.0 Å². The molecule has 3 rings (SSSR count). The number of nitrogens with zero attached hydrogens (tertiary/aromatic N) is 3. The summed E-state index contributed by atoms with van der Waals surface area (Å²) >= 11 is 3.43. The van der Waals surface area contributed by atoms with E-state index in [-0.39, 0.29) is 0 Å². The summed E-state index contributed by atoms with van der Waals surface area (Å²) < 4.78 is 0.968. The van der Waals surface area contributed by atoms with Crippen LogP contribution < -0.4 is 10.2 Å². The molecule has 2 aromatic rings. The van der Waals surface area contributed by atoms with Crippen molar-refractivity contribution >= 4 is 32.7 Å². The van der Waals surface area contributed by atoms with Crippen LogP contribution in [0.3, 0.4) is 0 Å². The second-order valence-electron chi connectivity index (χ2n) is 4.09. The normalized spacial score (nSPS) is 16.4. The van der Waals surface area contributed by atoms with Crippen molar-refractivity contribution in [3.8, 4) is 0 Å². The first kappa shape index (κ1) is 10.9. The van der Waals surface area contributed by atoms with E-state index in [4.69, 9.17) is 0 Å². The Morgan fingerprint density at radius 3 is 2.88 bits per heavy atom. The minimum absolute atomic E-state index is 0.940. The van der Waals surface area contributed by atoms with Crippen molar-refractivity contribution in [2.24, 2.45) is 0 Å². The van der Waals surface area contributed by atoms with Crippen LogP contribution in [-0.2, 0) is 0 Å². The monoisotopic (exact) mass is 292 g/mol. The van der Waals surface area contributed by atoms with E-state index in [9.17, 15) is 0 Å². The van der Waals surface area contributed by atoms with Gasteiger partial charge < -0.3 is 10.2 Å². The number of nitrogens with one attached hydrogen (secondary N) is 1. The molecular weight excluding hydrogens is 280 g/mol. The molecule has 0 amide bonds. The van der Waals surface area contributed by atoms with E-state index in [1.807, 2.05) is 18.5 Å². The van der Waals surface area contributed by atoms with Gasteiger partial charge in [-0.1, -0.05) is 0 Å². The first-order valence-corrected chi connectivity index (χ1v) is 6.50. The molecule has 4 nitrogen and oxygen atoms in total. The molecule has 17 heavy (non-hydrogen) atoms. The van der Waals surface area contributed by atoms with Crippen LogP contribution in [0, 0.1) is 0 Å². The number of halogens is 1. The topological polar surface area (TPSA) is 41.1 Å². The van der Waals surface area contributed by atoms with E-state index < -0.39 is 0 Å². The standard InChI is InChI=1S/C12H13BrN4/c13-9-7-10-12(16-8-9)11(1-2-15-10)17-5-3-14-4-6-17/h1-2,7-8,14H,3-6H2. The lowest BCUT2D eigenvalue weighted by Gasteiger charge is -2.29. The molecule has 3 heterocycles. The zero-order valence-electron chi connectivity index (χ0n) is 9.36. The molecule has 0 bridgehead atoms. The summed E-state index contributed by atoms with van der Waals surface area (Å²) in [6, 6.07) is 4.06. The predicted octanol–water partition coefficient (Wildman–Crippen LogP) is 1.80. The van der Waals surface area contributed by atoms with E-state index in [0.717, 1.165) is 41.7 Å². The van der Waals surface area contributed by atoms with Crippen molar-refractivity contribution in [1.82, 2.24) is 15.3 Å². The number of hydrogen-bond donors (Lipinski definition) is 1. The van der Waals surface area contributed by atoms with Crippen molar-refractivity contribution in [1.29, 1.82) is 0 Å². The van der Waals surface area contributed by atoms with Crippen LogP contribution in [-0.4, -0.2) is 36.1 Å². The van der Waals surface area contributed by atoms with E-state index in [1.54, 1.807) is 0 Å². The predicted molar refractivity (Wildman–Crippen MR) is 72.3 cm³/mol. The smallest absolute Gasteiger partial charge is 0.112 e. The summed E-state index contributed by atoms with van der Waals surface area (Å²) in [4.78, 5) is 11.2. The zero-order chi connectivity index (χ0) is 11.7. The van der Waals surface area contributed by atoms with Gasteiger partial charge in [-0.3, -0.25) is 9.97 Å². The Balaban J connectivity index is 2.09. The van der Waals surface area contributed by atoms with Gasteiger partial charge in [-0.2, -0.15) is 0 Å². The van der Waals surface area contributed by atoms with Crippen molar-refractivity contribution < 1.29 is 0 Å². The SMILES string of the molecule is Brc1cnc2c(N3CCNCC3)ccnc2c1. The van der Waals surface area contributed by atoms with Gasteiger partial charge in [-0.25, -0.2) is 0 Å². The molecule has 0 aliphatic carbocycles. The number of pyridine rings is 2. The molecule has 0 spiro atoms. The molecular formula is C12H13BrN4. The maximum atomic E-state index is 4.48. The van der Waals surface area contributed by atoms with Gasteiger partial charge in [0.1, 0.15) is 5.52 Å². The fourth-order valence-corrected chi connectivity index (χ4v) is 2.47. The van der Waals surface area contributed by atoms with Gasteiger partial charge in [0.25, 0.3) is 0 Å². The maximum Gasteiger partial charge on any atom is 0.112 e. The first-order chi connectivity index (χ1) is 8.34. The van der Waals surface area contributed by atoms with Crippen LogP contribution in [0.2, 0.25) is 0 Å². The number of fused-ring (bicyclic) bond motifs is 1. The fraction of sp³-hybridized carbons (Fsp3) is 0.333. The lowest BCUT2D eigenvalue weighted by Crippen LogP contribution is -2.43.